The first-order valence-corrected chi connectivity index (χ1v) is 5.90. The minimum Gasteiger partial charge on any atom is -0.366 e. The number of hydrogen-bond donors (Lipinski definition) is 1. The molecule has 5 heteroatoms. The second kappa shape index (κ2) is 3.99. The standard InChI is InChI=1S/C13H11ClN4/c1-8-6-12-16-13(15)17-18(12)7-11(8)9-2-4-10(14)5-3-9/h2-7H,1H3,(H2,15,17). The van der Waals surface area contributed by atoms with Crippen LogP contribution in [0.15, 0.2) is 36.5 Å². The molecule has 0 atom stereocenters. The van der Waals surface area contributed by atoms with E-state index in [1.807, 2.05) is 43.5 Å². The van der Waals surface area contributed by atoms with Gasteiger partial charge >= 0.3 is 0 Å². The van der Waals surface area contributed by atoms with E-state index in [0.717, 1.165) is 27.4 Å². The predicted octanol–water partition coefficient (Wildman–Crippen LogP) is 2.94. The van der Waals surface area contributed by atoms with E-state index in [1.54, 1.807) is 4.52 Å². The maximum atomic E-state index is 5.89. The molecule has 0 unspecified atom stereocenters. The molecule has 0 aliphatic carbocycles. The van der Waals surface area contributed by atoms with E-state index < -0.39 is 0 Å². The van der Waals surface area contributed by atoms with Crippen LogP contribution in [0.1, 0.15) is 5.56 Å². The molecule has 3 rings (SSSR count). The minimum atomic E-state index is 0.280. The number of benzene rings is 1. The maximum Gasteiger partial charge on any atom is 0.240 e. The maximum absolute atomic E-state index is 5.89. The van der Waals surface area contributed by atoms with Crippen LogP contribution in [0.25, 0.3) is 16.8 Å². The third kappa shape index (κ3) is 1.80. The van der Waals surface area contributed by atoms with Gasteiger partial charge in [0.05, 0.1) is 0 Å². The van der Waals surface area contributed by atoms with Crippen LogP contribution in [-0.4, -0.2) is 14.6 Å². The molecule has 18 heavy (non-hydrogen) atoms. The second-order valence-corrected chi connectivity index (χ2v) is 4.59. The molecular weight excluding hydrogens is 248 g/mol. The van der Waals surface area contributed by atoms with Gasteiger partial charge in [-0.05, 0) is 36.2 Å². The summed E-state index contributed by atoms with van der Waals surface area (Å²) in [5, 5.41) is 4.84. The Morgan fingerprint density at radius 3 is 2.67 bits per heavy atom. The molecule has 0 aliphatic heterocycles. The van der Waals surface area contributed by atoms with Crippen LogP contribution < -0.4 is 5.73 Å². The van der Waals surface area contributed by atoms with Gasteiger partial charge in [0.2, 0.25) is 5.95 Å². The van der Waals surface area contributed by atoms with E-state index in [4.69, 9.17) is 17.3 Å². The first-order valence-electron chi connectivity index (χ1n) is 5.52. The number of nitrogens with two attached hydrogens (primary N) is 1. The summed E-state index contributed by atoms with van der Waals surface area (Å²) in [6.45, 7) is 2.04. The Morgan fingerprint density at radius 1 is 1.22 bits per heavy atom. The average Bonchev–Trinajstić information content (AvgIpc) is 2.68. The molecule has 0 fully saturated rings. The Morgan fingerprint density at radius 2 is 1.94 bits per heavy atom. The highest BCUT2D eigenvalue weighted by molar-refractivity contribution is 6.30. The van der Waals surface area contributed by atoms with Crippen molar-refractivity contribution in [2.75, 3.05) is 5.73 Å². The van der Waals surface area contributed by atoms with Crippen LogP contribution in [0.3, 0.4) is 0 Å². The molecule has 0 spiro atoms. The summed E-state index contributed by atoms with van der Waals surface area (Å²) in [5.41, 5.74) is 9.64. The molecular formula is C13H11ClN4. The van der Waals surface area contributed by atoms with Crippen molar-refractivity contribution in [3.63, 3.8) is 0 Å². The summed E-state index contributed by atoms with van der Waals surface area (Å²) in [4.78, 5) is 4.13. The molecule has 0 saturated heterocycles. The second-order valence-electron chi connectivity index (χ2n) is 4.15. The molecule has 0 aliphatic rings. The highest BCUT2D eigenvalue weighted by Crippen LogP contribution is 2.25. The lowest BCUT2D eigenvalue weighted by Crippen LogP contribution is -1.92. The molecule has 0 saturated carbocycles. The van der Waals surface area contributed by atoms with Crippen molar-refractivity contribution in [2.24, 2.45) is 0 Å². The zero-order chi connectivity index (χ0) is 12.7. The van der Waals surface area contributed by atoms with Gasteiger partial charge in [-0.25, -0.2) is 4.52 Å². The van der Waals surface area contributed by atoms with Gasteiger partial charge in [-0.1, -0.05) is 23.7 Å². The molecule has 1 aromatic carbocycles. The summed E-state index contributed by atoms with van der Waals surface area (Å²) < 4.78 is 1.69. The first-order chi connectivity index (χ1) is 8.63. The Bertz CT molecular complexity index is 716. The van der Waals surface area contributed by atoms with E-state index in [1.165, 1.54) is 0 Å². The molecule has 0 amide bonds. The lowest BCUT2D eigenvalue weighted by Gasteiger charge is -2.06. The number of anilines is 1. The van der Waals surface area contributed by atoms with Crippen LogP contribution in [0.4, 0.5) is 5.95 Å². The van der Waals surface area contributed by atoms with E-state index in [2.05, 4.69) is 10.1 Å². The summed E-state index contributed by atoms with van der Waals surface area (Å²) in [6.07, 6.45) is 1.93. The fourth-order valence-electron chi connectivity index (χ4n) is 1.97. The molecule has 0 radical (unpaired) electrons. The van der Waals surface area contributed by atoms with Crippen molar-refractivity contribution in [3.8, 4) is 11.1 Å². The topological polar surface area (TPSA) is 56.2 Å². The average molecular weight is 259 g/mol. The molecule has 4 nitrogen and oxygen atoms in total. The molecule has 90 valence electrons. The van der Waals surface area contributed by atoms with Crippen molar-refractivity contribution in [1.82, 2.24) is 14.6 Å². The number of pyridine rings is 1. The van der Waals surface area contributed by atoms with Crippen LogP contribution in [0, 0.1) is 6.92 Å². The number of halogens is 1. The van der Waals surface area contributed by atoms with Gasteiger partial charge in [-0.2, -0.15) is 4.98 Å². The highest BCUT2D eigenvalue weighted by atomic mass is 35.5. The van der Waals surface area contributed by atoms with Crippen LogP contribution in [-0.2, 0) is 0 Å². The molecule has 2 N–H and O–H groups in total. The van der Waals surface area contributed by atoms with Crippen molar-refractivity contribution < 1.29 is 0 Å². The van der Waals surface area contributed by atoms with Crippen LogP contribution in [0.5, 0.6) is 0 Å². The number of fused-ring (bicyclic) bond motifs is 1. The Balaban J connectivity index is 2.21. The minimum absolute atomic E-state index is 0.280. The number of aromatic nitrogens is 3. The van der Waals surface area contributed by atoms with Gasteiger partial charge in [-0.3, -0.25) is 0 Å². The third-order valence-electron chi connectivity index (χ3n) is 2.85. The number of nitrogens with zero attached hydrogens (tertiary/aromatic N) is 3. The fourth-order valence-corrected chi connectivity index (χ4v) is 2.10. The zero-order valence-corrected chi connectivity index (χ0v) is 10.5. The van der Waals surface area contributed by atoms with Gasteiger partial charge in [0, 0.05) is 16.8 Å². The fraction of sp³-hybridized carbons (Fsp3) is 0.0769. The largest absolute Gasteiger partial charge is 0.366 e. The molecule has 2 heterocycles. The van der Waals surface area contributed by atoms with Gasteiger partial charge in [-0.15, -0.1) is 5.10 Å². The number of hydrogen-bond acceptors (Lipinski definition) is 3. The lowest BCUT2D eigenvalue weighted by atomic mass is 10.0. The number of rotatable bonds is 1. The predicted molar refractivity (Wildman–Crippen MR) is 72.6 cm³/mol. The smallest absolute Gasteiger partial charge is 0.240 e. The molecule has 0 bridgehead atoms. The lowest BCUT2D eigenvalue weighted by molar-refractivity contribution is 0.966. The van der Waals surface area contributed by atoms with Crippen molar-refractivity contribution in [1.29, 1.82) is 0 Å². The zero-order valence-electron chi connectivity index (χ0n) is 9.76. The Hall–Kier alpha value is -2.07. The van der Waals surface area contributed by atoms with Gasteiger partial charge in [0.1, 0.15) is 0 Å². The Labute approximate surface area is 109 Å². The molecule has 2 aromatic heterocycles. The molecule has 3 aromatic rings. The Kier molecular flexibility index (Phi) is 2.45. The van der Waals surface area contributed by atoms with E-state index in [0.29, 0.717) is 0 Å². The van der Waals surface area contributed by atoms with Crippen molar-refractivity contribution in [3.05, 3.63) is 47.1 Å². The summed E-state index contributed by atoms with van der Waals surface area (Å²) in [6, 6.07) is 9.67. The number of aryl methyl sites for hydroxylation is 1. The summed E-state index contributed by atoms with van der Waals surface area (Å²) >= 11 is 5.89. The summed E-state index contributed by atoms with van der Waals surface area (Å²) in [7, 11) is 0. The number of nitrogen functional groups attached to an aromatic ring is 1. The highest BCUT2D eigenvalue weighted by Gasteiger charge is 2.07. The first kappa shape index (κ1) is 11.0. The summed E-state index contributed by atoms with van der Waals surface area (Å²) in [5.74, 6) is 0.280. The van der Waals surface area contributed by atoms with Gasteiger partial charge in [0.15, 0.2) is 5.65 Å². The monoisotopic (exact) mass is 258 g/mol. The van der Waals surface area contributed by atoms with Crippen molar-refractivity contribution in [2.45, 2.75) is 6.92 Å². The van der Waals surface area contributed by atoms with Gasteiger partial charge < -0.3 is 5.73 Å². The van der Waals surface area contributed by atoms with Crippen molar-refractivity contribution >= 4 is 23.2 Å². The van der Waals surface area contributed by atoms with E-state index in [9.17, 15) is 0 Å². The quantitative estimate of drug-likeness (QED) is 0.730. The van der Waals surface area contributed by atoms with E-state index >= 15 is 0 Å². The van der Waals surface area contributed by atoms with Crippen LogP contribution in [0.2, 0.25) is 5.02 Å². The van der Waals surface area contributed by atoms with E-state index in [-0.39, 0.29) is 5.95 Å². The van der Waals surface area contributed by atoms with Gasteiger partial charge in [0.25, 0.3) is 0 Å². The third-order valence-corrected chi connectivity index (χ3v) is 3.10. The SMILES string of the molecule is Cc1cc2nc(N)nn2cc1-c1ccc(Cl)cc1. The van der Waals surface area contributed by atoms with Crippen LogP contribution >= 0.6 is 11.6 Å². The normalized spacial score (nSPS) is 11.0.